The summed E-state index contributed by atoms with van der Waals surface area (Å²) >= 11 is 0. The largest absolute Gasteiger partial charge is 0.343 e. The number of piperidine rings is 1. The Labute approximate surface area is 111 Å². The zero-order chi connectivity index (χ0) is 13.1. The number of rotatable bonds is 2. The number of amides is 1. The maximum atomic E-state index is 12.4. The van der Waals surface area contributed by atoms with Gasteiger partial charge >= 0.3 is 0 Å². The van der Waals surface area contributed by atoms with E-state index in [1.165, 1.54) is 6.39 Å². The summed E-state index contributed by atoms with van der Waals surface area (Å²) in [6.45, 7) is 1.45. The van der Waals surface area contributed by atoms with Crippen molar-refractivity contribution in [1.29, 1.82) is 0 Å². The van der Waals surface area contributed by atoms with Gasteiger partial charge in [-0.1, -0.05) is 23.4 Å². The molecule has 5 nitrogen and oxygen atoms in total. The van der Waals surface area contributed by atoms with Gasteiger partial charge in [-0.25, -0.2) is 0 Å². The van der Waals surface area contributed by atoms with E-state index in [9.17, 15) is 4.79 Å². The van der Waals surface area contributed by atoms with Crippen LogP contribution in [0.3, 0.4) is 0 Å². The normalized spacial score (nSPS) is 19.4. The summed E-state index contributed by atoms with van der Waals surface area (Å²) in [6, 6.07) is 9.37. The summed E-state index contributed by atoms with van der Waals surface area (Å²) in [5.41, 5.74) is 0.733. The van der Waals surface area contributed by atoms with Crippen LogP contribution < -0.4 is 0 Å². The van der Waals surface area contributed by atoms with E-state index in [0.717, 1.165) is 24.9 Å². The molecule has 0 spiro atoms. The molecule has 98 valence electrons. The van der Waals surface area contributed by atoms with Gasteiger partial charge in [-0.05, 0) is 25.0 Å². The SMILES string of the molecule is O=C(c1ccccc1)N1CCCC(c2ncon2)C1. The summed E-state index contributed by atoms with van der Waals surface area (Å²) in [5.74, 6) is 0.958. The van der Waals surface area contributed by atoms with Crippen molar-refractivity contribution in [3.05, 3.63) is 48.1 Å². The molecule has 1 aromatic carbocycles. The molecule has 1 aliphatic rings. The van der Waals surface area contributed by atoms with Crippen molar-refractivity contribution in [3.63, 3.8) is 0 Å². The van der Waals surface area contributed by atoms with Crippen LogP contribution in [0.15, 0.2) is 41.2 Å². The average molecular weight is 257 g/mol. The third-order valence-electron chi connectivity index (χ3n) is 3.47. The van der Waals surface area contributed by atoms with E-state index in [4.69, 9.17) is 4.52 Å². The van der Waals surface area contributed by atoms with Gasteiger partial charge in [0.05, 0.1) is 0 Å². The zero-order valence-corrected chi connectivity index (χ0v) is 10.5. The fraction of sp³-hybridized carbons (Fsp3) is 0.357. The van der Waals surface area contributed by atoms with Crippen molar-refractivity contribution in [2.24, 2.45) is 0 Å². The molecule has 1 saturated heterocycles. The Bertz CT molecular complexity index is 539. The summed E-state index contributed by atoms with van der Waals surface area (Å²) in [4.78, 5) is 18.3. The molecule has 5 heteroatoms. The highest BCUT2D eigenvalue weighted by molar-refractivity contribution is 5.94. The van der Waals surface area contributed by atoms with E-state index in [0.29, 0.717) is 12.4 Å². The lowest BCUT2D eigenvalue weighted by Gasteiger charge is -2.31. The number of benzene rings is 1. The smallest absolute Gasteiger partial charge is 0.253 e. The molecule has 2 aromatic rings. The minimum absolute atomic E-state index is 0.0776. The van der Waals surface area contributed by atoms with Gasteiger partial charge < -0.3 is 9.42 Å². The third kappa shape index (κ3) is 2.50. The van der Waals surface area contributed by atoms with E-state index in [2.05, 4.69) is 10.1 Å². The van der Waals surface area contributed by atoms with Crippen LogP contribution in [0.5, 0.6) is 0 Å². The van der Waals surface area contributed by atoms with Gasteiger partial charge in [0, 0.05) is 24.6 Å². The molecule has 1 unspecified atom stereocenters. The predicted octanol–water partition coefficient (Wildman–Crippen LogP) is 2.09. The molecule has 0 saturated carbocycles. The van der Waals surface area contributed by atoms with Gasteiger partial charge in [0.2, 0.25) is 6.39 Å². The summed E-state index contributed by atoms with van der Waals surface area (Å²) in [6.07, 6.45) is 3.31. The van der Waals surface area contributed by atoms with E-state index >= 15 is 0 Å². The van der Waals surface area contributed by atoms with Gasteiger partial charge in [0.15, 0.2) is 5.82 Å². The maximum absolute atomic E-state index is 12.4. The molecule has 2 heterocycles. The first kappa shape index (κ1) is 11.9. The van der Waals surface area contributed by atoms with Crippen molar-refractivity contribution in [2.45, 2.75) is 18.8 Å². The number of hydrogen-bond donors (Lipinski definition) is 0. The van der Waals surface area contributed by atoms with Crippen molar-refractivity contribution in [1.82, 2.24) is 15.0 Å². The fourth-order valence-corrected chi connectivity index (χ4v) is 2.49. The molecule has 19 heavy (non-hydrogen) atoms. The highest BCUT2D eigenvalue weighted by atomic mass is 16.5. The first-order chi connectivity index (χ1) is 9.34. The van der Waals surface area contributed by atoms with Crippen molar-refractivity contribution in [2.75, 3.05) is 13.1 Å². The lowest BCUT2D eigenvalue weighted by molar-refractivity contribution is 0.0703. The van der Waals surface area contributed by atoms with E-state index in [1.807, 2.05) is 35.2 Å². The molecule has 1 aromatic heterocycles. The zero-order valence-electron chi connectivity index (χ0n) is 10.5. The molecule has 1 atom stereocenters. The minimum atomic E-state index is 0.0776. The van der Waals surface area contributed by atoms with Gasteiger partial charge in [0.1, 0.15) is 0 Å². The van der Waals surface area contributed by atoms with Crippen LogP contribution in [0.2, 0.25) is 0 Å². The number of aromatic nitrogens is 2. The van der Waals surface area contributed by atoms with E-state index < -0.39 is 0 Å². The van der Waals surface area contributed by atoms with Crippen molar-refractivity contribution >= 4 is 5.91 Å². The molecular weight excluding hydrogens is 242 g/mol. The lowest BCUT2D eigenvalue weighted by Crippen LogP contribution is -2.39. The highest BCUT2D eigenvalue weighted by Gasteiger charge is 2.27. The number of carbonyl (C=O) groups excluding carboxylic acids is 1. The monoisotopic (exact) mass is 257 g/mol. The molecule has 3 rings (SSSR count). The van der Waals surface area contributed by atoms with Crippen LogP contribution in [-0.4, -0.2) is 34.0 Å². The van der Waals surface area contributed by atoms with Crippen LogP contribution >= 0.6 is 0 Å². The number of likely N-dealkylation sites (tertiary alicyclic amines) is 1. The highest BCUT2D eigenvalue weighted by Crippen LogP contribution is 2.25. The van der Waals surface area contributed by atoms with Crippen molar-refractivity contribution in [3.8, 4) is 0 Å². The average Bonchev–Trinajstić information content (AvgIpc) is 3.02. The predicted molar refractivity (Wildman–Crippen MR) is 68.6 cm³/mol. The van der Waals surface area contributed by atoms with Gasteiger partial charge in [-0.2, -0.15) is 4.98 Å². The van der Waals surface area contributed by atoms with E-state index in [1.54, 1.807) is 0 Å². The molecule has 1 aliphatic heterocycles. The summed E-state index contributed by atoms with van der Waals surface area (Å²) in [7, 11) is 0. The number of hydrogen-bond acceptors (Lipinski definition) is 4. The fourth-order valence-electron chi connectivity index (χ4n) is 2.49. The van der Waals surface area contributed by atoms with Crippen LogP contribution in [0.25, 0.3) is 0 Å². The van der Waals surface area contributed by atoms with Crippen LogP contribution in [0.1, 0.15) is 34.9 Å². The Morgan fingerprint density at radius 2 is 2.16 bits per heavy atom. The molecule has 0 aliphatic carbocycles. The molecule has 0 radical (unpaired) electrons. The van der Waals surface area contributed by atoms with Gasteiger partial charge in [0.25, 0.3) is 5.91 Å². The standard InChI is InChI=1S/C14H15N3O2/c18-14(11-5-2-1-3-6-11)17-8-4-7-12(9-17)13-15-10-19-16-13/h1-3,5-6,10,12H,4,7-9H2. The topological polar surface area (TPSA) is 59.2 Å². The van der Waals surface area contributed by atoms with Crippen LogP contribution in [0.4, 0.5) is 0 Å². The quantitative estimate of drug-likeness (QED) is 0.826. The Hall–Kier alpha value is -2.17. The van der Waals surface area contributed by atoms with Crippen LogP contribution in [-0.2, 0) is 0 Å². The minimum Gasteiger partial charge on any atom is -0.343 e. The first-order valence-electron chi connectivity index (χ1n) is 6.45. The second kappa shape index (κ2) is 5.22. The van der Waals surface area contributed by atoms with E-state index in [-0.39, 0.29) is 11.8 Å². The molecule has 1 amide bonds. The lowest BCUT2D eigenvalue weighted by atomic mass is 9.97. The summed E-state index contributed by atoms with van der Waals surface area (Å²) < 4.78 is 4.78. The molecule has 0 bridgehead atoms. The Morgan fingerprint density at radius 3 is 2.89 bits per heavy atom. The number of nitrogens with zero attached hydrogens (tertiary/aromatic N) is 3. The number of carbonyl (C=O) groups is 1. The second-order valence-electron chi connectivity index (χ2n) is 4.75. The Kier molecular flexibility index (Phi) is 3.27. The molecule has 1 fully saturated rings. The summed E-state index contributed by atoms with van der Waals surface area (Å²) in [5, 5.41) is 3.88. The van der Waals surface area contributed by atoms with Crippen LogP contribution in [0, 0.1) is 0 Å². The Morgan fingerprint density at radius 1 is 1.32 bits per heavy atom. The molecule has 0 N–H and O–H groups in total. The van der Waals surface area contributed by atoms with Crippen molar-refractivity contribution < 1.29 is 9.32 Å². The third-order valence-corrected chi connectivity index (χ3v) is 3.47. The molecular formula is C14H15N3O2. The van der Waals surface area contributed by atoms with Gasteiger partial charge in [-0.3, -0.25) is 4.79 Å². The Balaban J connectivity index is 1.73. The maximum Gasteiger partial charge on any atom is 0.253 e. The second-order valence-corrected chi connectivity index (χ2v) is 4.75. The van der Waals surface area contributed by atoms with Gasteiger partial charge in [-0.15, -0.1) is 0 Å². The first-order valence-corrected chi connectivity index (χ1v) is 6.45.